The van der Waals surface area contributed by atoms with Gasteiger partial charge in [-0.05, 0) is 103 Å². The second-order valence-corrected chi connectivity index (χ2v) is 12.3. The number of unbranched alkanes of at least 4 members (excludes halogenated alkanes) is 2. The first kappa shape index (κ1) is 30.4. The molecule has 4 rings (SSSR count). The highest BCUT2D eigenvalue weighted by molar-refractivity contribution is 8.17. The molecular weight excluding hydrogens is 541 g/mol. The zero-order valence-corrected chi connectivity index (χ0v) is 26.0. The summed E-state index contributed by atoms with van der Waals surface area (Å²) in [5, 5.41) is 5.47. The van der Waals surface area contributed by atoms with E-state index in [1.807, 2.05) is 17.6 Å². The van der Waals surface area contributed by atoms with Crippen molar-refractivity contribution in [2.75, 3.05) is 0 Å². The molecule has 0 saturated heterocycles. The molecule has 0 radical (unpaired) electrons. The van der Waals surface area contributed by atoms with E-state index in [0.717, 1.165) is 65.0 Å². The first-order valence-corrected chi connectivity index (χ1v) is 15.9. The highest BCUT2D eigenvalue weighted by Gasteiger charge is 2.22. The number of hydrogen-bond donors (Lipinski definition) is 0. The van der Waals surface area contributed by atoms with Gasteiger partial charge in [0.2, 0.25) is 0 Å². The zero-order chi connectivity index (χ0) is 28.8. The molecule has 3 aromatic rings. The zero-order valence-electron chi connectivity index (χ0n) is 24.4. The van der Waals surface area contributed by atoms with E-state index in [1.54, 1.807) is 11.3 Å². The molecule has 3 nitrogen and oxygen atoms in total. The van der Waals surface area contributed by atoms with Crippen LogP contribution in [0.4, 0.5) is 8.63 Å². The summed E-state index contributed by atoms with van der Waals surface area (Å²) in [6.45, 7) is 10.8. The number of thioether (sulfide) groups is 1. The van der Waals surface area contributed by atoms with Crippen molar-refractivity contribution in [3.63, 3.8) is 0 Å². The fraction of sp³-hybridized carbons (Fsp3) is 0.406. The molecule has 1 aliphatic rings. The predicted molar refractivity (Wildman–Crippen MR) is 172 cm³/mol. The first-order valence-electron chi connectivity index (χ1n) is 14.2. The summed E-state index contributed by atoms with van der Waals surface area (Å²) in [6.07, 6.45) is 10.9. The van der Waals surface area contributed by atoms with Gasteiger partial charge < -0.3 is 9.30 Å². The number of allylic oxidation sites excluding steroid dienone is 3. The van der Waals surface area contributed by atoms with Gasteiger partial charge in [0.15, 0.2) is 0 Å². The Bertz CT molecular complexity index is 1430. The van der Waals surface area contributed by atoms with Crippen LogP contribution >= 0.6 is 23.1 Å². The third-order valence-corrected chi connectivity index (χ3v) is 9.20. The predicted octanol–water partition coefficient (Wildman–Crippen LogP) is 10.3. The molecule has 2 aromatic heterocycles. The molecule has 0 atom stereocenters. The van der Waals surface area contributed by atoms with E-state index in [2.05, 4.69) is 80.8 Å². The number of aryl methyl sites for hydroxylation is 3. The lowest BCUT2D eigenvalue weighted by Gasteiger charge is -2.22. The van der Waals surface area contributed by atoms with Crippen molar-refractivity contribution in [1.82, 2.24) is 4.57 Å². The molecule has 0 spiro atoms. The van der Waals surface area contributed by atoms with Crippen LogP contribution in [0.5, 0.6) is 5.75 Å². The van der Waals surface area contributed by atoms with Gasteiger partial charge in [-0.25, -0.2) is 0 Å². The Kier molecular flexibility index (Phi) is 10.5. The molecule has 0 saturated carbocycles. The Labute approximate surface area is 246 Å². The van der Waals surface area contributed by atoms with Gasteiger partial charge in [-0.1, -0.05) is 51.3 Å². The summed E-state index contributed by atoms with van der Waals surface area (Å²) >= 11 is 2.95. The van der Waals surface area contributed by atoms with E-state index in [9.17, 15) is 8.63 Å². The van der Waals surface area contributed by atoms with E-state index in [0.29, 0.717) is 10.6 Å². The number of ether oxygens (including phenoxy) is 1. The number of benzene rings is 1. The summed E-state index contributed by atoms with van der Waals surface area (Å²) in [7, 11) is -0.637. The second kappa shape index (κ2) is 13.9. The molecular formula is C32H39BF2N2OS2. The monoisotopic (exact) mass is 580 g/mol. The van der Waals surface area contributed by atoms with E-state index < -0.39 is 7.40 Å². The number of nitrogens with zero attached hydrogens (tertiary/aromatic N) is 2. The smallest absolute Gasteiger partial charge is 0.490 e. The van der Waals surface area contributed by atoms with Crippen molar-refractivity contribution in [3.8, 4) is 5.75 Å². The molecule has 0 aliphatic carbocycles. The maximum absolute atomic E-state index is 13.1. The van der Waals surface area contributed by atoms with Gasteiger partial charge in [-0.2, -0.15) is 0 Å². The molecule has 0 unspecified atom stereocenters. The molecule has 1 aliphatic heterocycles. The van der Waals surface area contributed by atoms with Crippen LogP contribution < -0.4 is 4.74 Å². The first-order chi connectivity index (χ1) is 19.2. The van der Waals surface area contributed by atoms with Gasteiger partial charge in [-0.3, -0.25) is 13.5 Å². The number of hydrogen-bond acceptors (Lipinski definition) is 4. The Morgan fingerprint density at radius 2 is 1.77 bits per heavy atom. The van der Waals surface area contributed by atoms with Gasteiger partial charge in [0, 0.05) is 23.6 Å². The normalized spacial score (nSPS) is 16.1. The lowest BCUT2D eigenvalue weighted by atomic mass is 9.89. The van der Waals surface area contributed by atoms with Gasteiger partial charge in [0.1, 0.15) is 10.6 Å². The minimum Gasteiger partial charge on any atom is -0.490 e. The average molecular weight is 581 g/mol. The maximum Gasteiger partial charge on any atom is 0.693 e. The summed E-state index contributed by atoms with van der Waals surface area (Å²) in [6, 6.07) is 8.69. The third-order valence-electron chi connectivity index (χ3n) is 7.36. The Morgan fingerprint density at radius 1 is 1.10 bits per heavy atom. The van der Waals surface area contributed by atoms with E-state index in [4.69, 9.17) is 4.74 Å². The van der Waals surface area contributed by atoms with Crippen LogP contribution in [0.15, 0.2) is 63.3 Å². The highest BCUT2D eigenvalue weighted by atomic mass is 32.2. The Balaban J connectivity index is 1.83. The average Bonchev–Trinajstić information content (AvgIpc) is 3.61. The van der Waals surface area contributed by atoms with Gasteiger partial charge in [-0.15, -0.1) is 11.3 Å². The van der Waals surface area contributed by atoms with Gasteiger partial charge in [0.05, 0.1) is 16.8 Å². The Morgan fingerprint density at radius 3 is 2.38 bits per heavy atom. The van der Waals surface area contributed by atoms with E-state index in [1.165, 1.54) is 34.8 Å². The lowest BCUT2D eigenvalue weighted by Crippen LogP contribution is -2.17. The molecule has 1 aromatic carbocycles. The van der Waals surface area contributed by atoms with E-state index in [-0.39, 0.29) is 6.10 Å². The topological polar surface area (TPSA) is 26.5 Å². The molecule has 0 N–H and O–H groups in total. The van der Waals surface area contributed by atoms with Crippen LogP contribution in [0.25, 0.3) is 15.8 Å². The molecule has 40 heavy (non-hydrogen) atoms. The number of rotatable bonds is 12. The Hall–Kier alpha value is -2.58. The molecule has 0 amide bonds. The van der Waals surface area contributed by atoms with Crippen molar-refractivity contribution in [2.45, 2.75) is 79.2 Å². The van der Waals surface area contributed by atoms with Crippen molar-refractivity contribution >= 4 is 51.3 Å². The maximum atomic E-state index is 13.1. The van der Waals surface area contributed by atoms with E-state index >= 15 is 0 Å². The van der Waals surface area contributed by atoms with Crippen LogP contribution in [-0.2, 0) is 7.05 Å². The van der Waals surface area contributed by atoms with Crippen molar-refractivity contribution in [2.24, 2.45) is 12.0 Å². The van der Waals surface area contributed by atoms with Crippen LogP contribution in [-0.4, -0.2) is 23.1 Å². The summed E-state index contributed by atoms with van der Waals surface area (Å²) in [5.74, 6) is 0.917. The SMILES string of the molecule is CCCCC(CCCC)Oc1cc(C)c(/C(=C(C)\C=C2\C=CSC2=NB(F)F)c2cc3ccsc3n2C)c(C)c1. The van der Waals surface area contributed by atoms with Gasteiger partial charge >= 0.3 is 7.40 Å². The summed E-state index contributed by atoms with van der Waals surface area (Å²) in [4.78, 5) is 4.75. The fourth-order valence-electron chi connectivity index (χ4n) is 5.44. The molecule has 0 bridgehead atoms. The van der Waals surface area contributed by atoms with Crippen molar-refractivity contribution in [1.29, 1.82) is 0 Å². The third kappa shape index (κ3) is 7.00. The van der Waals surface area contributed by atoms with Crippen LogP contribution in [0, 0.1) is 13.8 Å². The quantitative estimate of drug-likeness (QED) is 0.199. The number of fused-ring (bicyclic) bond motifs is 1. The highest BCUT2D eigenvalue weighted by Crippen LogP contribution is 2.39. The van der Waals surface area contributed by atoms with Gasteiger partial charge in [0.25, 0.3) is 0 Å². The molecule has 0 fully saturated rings. The minimum absolute atomic E-state index is 0.227. The number of thiophene rings is 1. The van der Waals surface area contributed by atoms with Crippen LogP contribution in [0.3, 0.4) is 0 Å². The summed E-state index contributed by atoms with van der Waals surface area (Å²) < 4.78 is 35.0. The number of aromatic nitrogens is 1. The molecule has 8 heteroatoms. The summed E-state index contributed by atoms with van der Waals surface area (Å²) in [5.41, 5.74) is 7.32. The largest absolute Gasteiger partial charge is 0.693 e. The molecule has 212 valence electrons. The van der Waals surface area contributed by atoms with Crippen molar-refractivity contribution in [3.05, 3.63) is 80.7 Å². The standard InChI is InChI=1S/C32H39BF2N2OS2/c1-7-9-11-26(12-10-8-2)38-27-18-22(4)29(23(5)19-27)30(28-20-25-14-16-40-32(25)37(28)6)21(3)17-24-13-15-39-31(24)36-33(34)35/h13-20,26H,7-12H2,1-6H3/b24-17-,30-21-,36-31?. The van der Waals surface area contributed by atoms with Crippen LogP contribution in [0.2, 0.25) is 0 Å². The number of halogens is 2. The fourth-order valence-corrected chi connectivity index (χ4v) is 7.05. The van der Waals surface area contributed by atoms with Crippen LogP contribution in [0.1, 0.15) is 81.7 Å². The lowest BCUT2D eigenvalue weighted by molar-refractivity contribution is 0.174. The minimum atomic E-state index is -2.73. The molecule has 3 heterocycles. The second-order valence-electron chi connectivity index (χ2n) is 10.5. The van der Waals surface area contributed by atoms with Crippen molar-refractivity contribution < 1.29 is 13.4 Å².